The molecule has 6 nitrogen and oxygen atoms in total. The summed E-state index contributed by atoms with van der Waals surface area (Å²) in [7, 11) is 5.70. The van der Waals surface area contributed by atoms with Gasteiger partial charge in [0.05, 0.1) is 19.0 Å². The van der Waals surface area contributed by atoms with E-state index in [9.17, 15) is 9.59 Å². The van der Waals surface area contributed by atoms with Gasteiger partial charge in [-0.15, -0.1) is 0 Å². The van der Waals surface area contributed by atoms with Gasteiger partial charge in [0.15, 0.2) is 0 Å². The second-order valence-corrected chi connectivity index (χ2v) is 8.98. The van der Waals surface area contributed by atoms with Crippen molar-refractivity contribution < 1.29 is 14.3 Å². The molecule has 154 valence electrons. The minimum atomic E-state index is -0.566. The molecule has 1 heterocycles. The number of hydrogen-bond acceptors (Lipinski definition) is 5. The number of nitrogens with zero attached hydrogens (tertiary/aromatic N) is 3. The lowest BCUT2D eigenvalue weighted by molar-refractivity contribution is -0.166. The largest absolute Gasteiger partial charge is 0.458 e. The number of likely N-dealkylation sites (tertiary alicyclic amines) is 1. The van der Waals surface area contributed by atoms with E-state index in [1.54, 1.807) is 11.9 Å². The minimum Gasteiger partial charge on any atom is -0.458 e. The molecule has 0 aromatic rings. The summed E-state index contributed by atoms with van der Waals surface area (Å²) in [5.74, 6) is 5.88. The van der Waals surface area contributed by atoms with Gasteiger partial charge in [0.2, 0.25) is 5.91 Å². The number of carbonyl (C=O) groups is 2. The van der Waals surface area contributed by atoms with Gasteiger partial charge in [-0.1, -0.05) is 25.7 Å². The molecule has 6 heteroatoms. The maximum atomic E-state index is 13.0. The molecule has 0 aromatic heterocycles. The smallest absolute Gasteiger partial charge is 0.329 e. The Balaban J connectivity index is 2.68. The molecule has 0 N–H and O–H groups in total. The van der Waals surface area contributed by atoms with Crippen LogP contribution in [0.15, 0.2) is 0 Å². The van der Waals surface area contributed by atoms with Crippen molar-refractivity contribution in [1.82, 2.24) is 14.7 Å². The van der Waals surface area contributed by atoms with E-state index in [2.05, 4.69) is 16.7 Å². The van der Waals surface area contributed by atoms with Crippen LogP contribution in [0.25, 0.3) is 0 Å². The van der Waals surface area contributed by atoms with Gasteiger partial charge in [-0.2, -0.15) is 0 Å². The summed E-state index contributed by atoms with van der Waals surface area (Å²) in [6, 6.07) is -0.564. The molecule has 0 saturated carbocycles. The molecule has 0 spiro atoms. The van der Waals surface area contributed by atoms with Crippen molar-refractivity contribution >= 4 is 11.9 Å². The van der Waals surface area contributed by atoms with Crippen LogP contribution in [0.2, 0.25) is 0 Å². The van der Waals surface area contributed by atoms with Gasteiger partial charge >= 0.3 is 5.97 Å². The first kappa shape index (κ1) is 23.5. The Morgan fingerprint density at radius 1 is 1.19 bits per heavy atom. The maximum absolute atomic E-state index is 13.0. The molecule has 1 amide bonds. The standard InChI is InChI=1S/C21H37N3O3/c1-16(2)18(20(26)27-21(3,4)5)23(8)19(25)17-11-14-24(15-17)13-10-9-12-22(6)7/h16-18H,11-15H2,1-8H3/t17-,18-/m0/s1. The van der Waals surface area contributed by atoms with Crippen molar-refractivity contribution in [2.75, 3.05) is 47.3 Å². The van der Waals surface area contributed by atoms with E-state index in [0.717, 1.165) is 19.5 Å². The molecule has 0 aromatic carbocycles. The topological polar surface area (TPSA) is 53.1 Å². The average Bonchev–Trinajstić information content (AvgIpc) is 2.97. The Hall–Kier alpha value is -1.58. The van der Waals surface area contributed by atoms with E-state index in [4.69, 9.17) is 4.74 Å². The molecule has 0 bridgehead atoms. The number of carbonyl (C=O) groups excluding carboxylic acids is 2. The number of hydrogen-bond donors (Lipinski definition) is 0. The fourth-order valence-corrected chi connectivity index (χ4v) is 3.22. The molecule has 1 rings (SSSR count). The maximum Gasteiger partial charge on any atom is 0.329 e. The molecular weight excluding hydrogens is 342 g/mol. The Bertz CT molecular complexity index is 569. The molecule has 1 saturated heterocycles. The predicted octanol–water partition coefficient (Wildman–Crippen LogP) is 1.70. The van der Waals surface area contributed by atoms with E-state index in [0.29, 0.717) is 13.1 Å². The highest BCUT2D eigenvalue weighted by molar-refractivity contribution is 5.86. The van der Waals surface area contributed by atoms with E-state index in [-0.39, 0.29) is 23.7 Å². The molecular formula is C21H37N3O3. The molecule has 1 fully saturated rings. The molecule has 27 heavy (non-hydrogen) atoms. The monoisotopic (exact) mass is 379 g/mol. The summed E-state index contributed by atoms with van der Waals surface area (Å²) in [6.07, 6.45) is 0.803. The zero-order valence-electron chi connectivity index (χ0n) is 18.3. The summed E-state index contributed by atoms with van der Waals surface area (Å²) in [6.45, 7) is 12.4. The van der Waals surface area contributed by atoms with Crippen molar-refractivity contribution in [3.63, 3.8) is 0 Å². The van der Waals surface area contributed by atoms with E-state index in [1.807, 2.05) is 53.6 Å². The predicted molar refractivity (Wildman–Crippen MR) is 108 cm³/mol. The Morgan fingerprint density at radius 3 is 2.33 bits per heavy atom. The third-order valence-corrected chi connectivity index (χ3v) is 4.49. The van der Waals surface area contributed by atoms with Gasteiger partial charge in [-0.25, -0.2) is 4.79 Å². The van der Waals surface area contributed by atoms with Crippen molar-refractivity contribution in [2.24, 2.45) is 11.8 Å². The zero-order chi connectivity index (χ0) is 20.8. The second-order valence-electron chi connectivity index (χ2n) is 8.98. The molecule has 1 aliphatic heterocycles. The zero-order valence-corrected chi connectivity index (χ0v) is 18.3. The third-order valence-electron chi connectivity index (χ3n) is 4.49. The van der Waals surface area contributed by atoms with Crippen LogP contribution in [0, 0.1) is 23.7 Å². The van der Waals surface area contributed by atoms with Crippen molar-refractivity contribution in [3.8, 4) is 11.8 Å². The van der Waals surface area contributed by atoms with Crippen molar-refractivity contribution in [2.45, 2.75) is 52.7 Å². The average molecular weight is 380 g/mol. The number of rotatable bonds is 6. The Kier molecular flexibility index (Phi) is 8.77. The van der Waals surface area contributed by atoms with Gasteiger partial charge in [0, 0.05) is 13.6 Å². The summed E-state index contributed by atoms with van der Waals surface area (Å²) >= 11 is 0. The van der Waals surface area contributed by atoms with E-state index < -0.39 is 11.6 Å². The summed E-state index contributed by atoms with van der Waals surface area (Å²) in [5.41, 5.74) is -0.566. The Morgan fingerprint density at radius 2 is 1.81 bits per heavy atom. The second kappa shape index (κ2) is 10.1. The molecule has 0 aliphatic carbocycles. The van der Waals surface area contributed by atoms with Gasteiger partial charge in [0.1, 0.15) is 11.6 Å². The number of amides is 1. The van der Waals surface area contributed by atoms with E-state index in [1.165, 1.54) is 0 Å². The van der Waals surface area contributed by atoms with Crippen LogP contribution < -0.4 is 0 Å². The summed E-state index contributed by atoms with van der Waals surface area (Å²) in [4.78, 5) is 31.4. The fourth-order valence-electron chi connectivity index (χ4n) is 3.22. The van der Waals surface area contributed by atoms with Gasteiger partial charge in [-0.05, 0) is 53.8 Å². The highest BCUT2D eigenvalue weighted by atomic mass is 16.6. The molecule has 2 atom stereocenters. The summed E-state index contributed by atoms with van der Waals surface area (Å²) in [5, 5.41) is 0. The lowest BCUT2D eigenvalue weighted by Crippen LogP contribution is -2.50. The number of ether oxygens (including phenoxy) is 1. The highest BCUT2D eigenvalue weighted by Gasteiger charge is 2.37. The van der Waals surface area contributed by atoms with Crippen LogP contribution >= 0.6 is 0 Å². The number of esters is 1. The lowest BCUT2D eigenvalue weighted by Gasteiger charge is -2.33. The van der Waals surface area contributed by atoms with Gasteiger partial charge < -0.3 is 9.64 Å². The van der Waals surface area contributed by atoms with Crippen LogP contribution in [0.4, 0.5) is 0 Å². The molecule has 0 unspecified atom stereocenters. The molecule has 0 radical (unpaired) electrons. The quantitative estimate of drug-likeness (QED) is 0.519. The first-order valence-corrected chi connectivity index (χ1v) is 9.74. The van der Waals surface area contributed by atoms with Crippen LogP contribution in [0.5, 0.6) is 0 Å². The lowest BCUT2D eigenvalue weighted by atomic mass is 9.99. The SMILES string of the molecule is CC(C)[C@@H](C(=O)OC(C)(C)C)N(C)C(=O)[C@H]1CCN(CC#CCN(C)C)C1. The molecule has 1 aliphatic rings. The van der Waals surface area contributed by atoms with Gasteiger partial charge in [-0.3, -0.25) is 14.6 Å². The van der Waals surface area contributed by atoms with Crippen LogP contribution in [0.1, 0.15) is 41.0 Å². The minimum absolute atomic E-state index is 0.0109. The van der Waals surface area contributed by atoms with Crippen molar-refractivity contribution in [3.05, 3.63) is 0 Å². The summed E-state index contributed by atoms with van der Waals surface area (Å²) < 4.78 is 5.54. The van der Waals surface area contributed by atoms with Crippen LogP contribution in [0.3, 0.4) is 0 Å². The first-order valence-electron chi connectivity index (χ1n) is 9.74. The normalized spacial score (nSPS) is 19.0. The van der Waals surface area contributed by atoms with Crippen molar-refractivity contribution in [1.29, 1.82) is 0 Å². The number of likely N-dealkylation sites (N-methyl/N-ethyl adjacent to an activating group) is 1. The third kappa shape index (κ3) is 7.90. The van der Waals surface area contributed by atoms with E-state index >= 15 is 0 Å². The van der Waals surface area contributed by atoms with Crippen LogP contribution in [-0.4, -0.2) is 85.5 Å². The van der Waals surface area contributed by atoms with Gasteiger partial charge in [0.25, 0.3) is 0 Å². The first-order chi connectivity index (χ1) is 12.4. The fraction of sp³-hybridized carbons (Fsp3) is 0.810. The highest BCUT2D eigenvalue weighted by Crippen LogP contribution is 2.22. The van der Waals surface area contributed by atoms with Crippen LogP contribution in [-0.2, 0) is 14.3 Å². The Labute approximate surface area is 165 Å².